The van der Waals surface area contributed by atoms with Crippen LogP contribution in [0.4, 0.5) is 13.2 Å². The molecular formula is C21H21F3N2O3S. The number of benzene rings is 2. The summed E-state index contributed by atoms with van der Waals surface area (Å²) in [5.74, 6) is -3.38. The molecular weight excluding hydrogens is 417 g/mol. The quantitative estimate of drug-likeness (QED) is 0.781. The van der Waals surface area contributed by atoms with Gasteiger partial charge in [0.05, 0.1) is 11.8 Å². The molecule has 1 saturated heterocycles. The fourth-order valence-corrected chi connectivity index (χ4v) is 5.05. The number of nitrogens with one attached hydrogen (secondary N) is 1. The average Bonchev–Trinajstić information content (AvgIpc) is 3.32. The molecule has 3 atom stereocenters. The molecule has 2 aromatic rings. The Morgan fingerprint density at radius 2 is 1.63 bits per heavy atom. The molecule has 0 bridgehead atoms. The van der Waals surface area contributed by atoms with Crippen LogP contribution < -0.4 is 4.72 Å². The van der Waals surface area contributed by atoms with E-state index in [0.29, 0.717) is 24.9 Å². The van der Waals surface area contributed by atoms with Crippen molar-refractivity contribution in [2.45, 2.75) is 24.8 Å². The van der Waals surface area contributed by atoms with Crippen molar-refractivity contribution in [3.8, 4) is 11.1 Å². The number of rotatable bonds is 5. The lowest BCUT2D eigenvalue weighted by molar-refractivity contribution is -0.131. The monoisotopic (exact) mass is 438 g/mol. The first-order valence-electron chi connectivity index (χ1n) is 9.64. The number of nitrogens with zero attached hydrogens (tertiary/aromatic N) is 1. The van der Waals surface area contributed by atoms with Crippen molar-refractivity contribution in [1.29, 1.82) is 0 Å². The zero-order chi connectivity index (χ0) is 21.6. The van der Waals surface area contributed by atoms with Crippen LogP contribution in [0, 0.1) is 23.4 Å². The number of hydrogen-bond donors (Lipinski definition) is 1. The molecule has 0 aromatic heterocycles. The van der Waals surface area contributed by atoms with Gasteiger partial charge >= 0.3 is 0 Å². The second-order valence-electron chi connectivity index (χ2n) is 7.91. The molecule has 1 aliphatic carbocycles. The van der Waals surface area contributed by atoms with Crippen molar-refractivity contribution < 1.29 is 26.4 Å². The number of sulfonamides is 1. The van der Waals surface area contributed by atoms with E-state index in [1.807, 2.05) is 0 Å². The van der Waals surface area contributed by atoms with Crippen molar-refractivity contribution in [1.82, 2.24) is 9.62 Å². The minimum Gasteiger partial charge on any atom is -0.341 e. The van der Waals surface area contributed by atoms with Gasteiger partial charge in [-0.2, -0.15) is 0 Å². The molecule has 4 rings (SSSR count). The Hall–Kier alpha value is -2.39. The van der Waals surface area contributed by atoms with Crippen LogP contribution in [0.3, 0.4) is 0 Å². The molecule has 1 saturated carbocycles. The molecule has 1 heterocycles. The van der Waals surface area contributed by atoms with Crippen molar-refractivity contribution in [2.75, 3.05) is 19.3 Å². The van der Waals surface area contributed by atoms with Crippen molar-refractivity contribution in [3.05, 3.63) is 59.4 Å². The maximum absolute atomic E-state index is 14.6. The van der Waals surface area contributed by atoms with Gasteiger partial charge in [-0.25, -0.2) is 26.3 Å². The highest BCUT2D eigenvalue weighted by molar-refractivity contribution is 7.88. The number of carbonyl (C=O) groups is 1. The van der Waals surface area contributed by atoms with Gasteiger partial charge in [-0.1, -0.05) is 18.2 Å². The van der Waals surface area contributed by atoms with Gasteiger partial charge in [0.2, 0.25) is 15.9 Å². The van der Waals surface area contributed by atoms with Crippen molar-refractivity contribution in [2.24, 2.45) is 5.92 Å². The largest absolute Gasteiger partial charge is 0.341 e. The molecule has 5 nitrogen and oxygen atoms in total. The third-order valence-electron chi connectivity index (χ3n) is 5.65. The van der Waals surface area contributed by atoms with Gasteiger partial charge in [0.15, 0.2) is 0 Å². The number of likely N-dealkylation sites (tertiary alicyclic amines) is 1. The minimum absolute atomic E-state index is 0.147. The van der Waals surface area contributed by atoms with Gasteiger partial charge in [0.1, 0.15) is 17.5 Å². The normalized spacial score (nSPS) is 23.6. The first-order valence-corrected chi connectivity index (χ1v) is 11.5. The fraction of sp³-hybridized carbons (Fsp3) is 0.381. The molecule has 160 valence electrons. The van der Waals surface area contributed by atoms with Crippen LogP contribution in [0.5, 0.6) is 0 Å². The molecule has 1 N–H and O–H groups in total. The second kappa shape index (κ2) is 7.70. The molecule has 0 spiro atoms. The third kappa shape index (κ3) is 4.09. The number of hydrogen-bond acceptors (Lipinski definition) is 3. The third-order valence-corrected chi connectivity index (χ3v) is 6.41. The Kier molecular flexibility index (Phi) is 5.36. The summed E-state index contributed by atoms with van der Waals surface area (Å²) in [5, 5.41) is 0. The van der Waals surface area contributed by atoms with E-state index in [2.05, 4.69) is 4.72 Å². The Bertz CT molecular complexity index is 1090. The predicted octanol–water partition coefficient (Wildman–Crippen LogP) is 3.02. The highest BCUT2D eigenvalue weighted by atomic mass is 32.2. The highest BCUT2D eigenvalue weighted by Gasteiger charge is 2.48. The maximum Gasteiger partial charge on any atom is 0.226 e. The van der Waals surface area contributed by atoms with Gasteiger partial charge in [0, 0.05) is 30.6 Å². The van der Waals surface area contributed by atoms with Crippen LogP contribution in [0.1, 0.15) is 24.3 Å². The lowest BCUT2D eigenvalue weighted by Crippen LogP contribution is -2.38. The standard InChI is InChI=1S/C21H21F3N2O3S/c1-30(28,29)25-12-8-9-26(11-12)21(27)15-10-14(15)13-4-2-5-16(22)19(13)20-17(23)6-3-7-18(20)24/h2-7,12,14-15,25H,8-11H2,1H3/t12-,14+,15-/m0/s1. The molecule has 1 aliphatic heterocycles. The van der Waals surface area contributed by atoms with Crippen LogP contribution in [-0.2, 0) is 14.8 Å². The molecule has 9 heteroatoms. The summed E-state index contributed by atoms with van der Waals surface area (Å²) in [6.07, 6.45) is 2.04. The summed E-state index contributed by atoms with van der Waals surface area (Å²) in [6, 6.07) is 7.23. The van der Waals surface area contributed by atoms with E-state index in [1.165, 1.54) is 12.1 Å². The zero-order valence-corrected chi connectivity index (χ0v) is 17.1. The molecule has 0 radical (unpaired) electrons. The van der Waals surface area contributed by atoms with Crippen LogP contribution in [0.15, 0.2) is 36.4 Å². The summed E-state index contributed by atoms with van der Waals surface area (Å²) in [5.41, 5.74) is -0.170. The summed E-state index contributed by atoms with van der Waals surface area (Å²) < 4.78 is 68.6. The van der Waals surface area contributed by atoms with E-state index in [0.717, 1.165) is 24.5 Å². The molecule has 2 aliphatic rings. The van der Waals surface area contributed by atoms with Gasteiger partial charge in [-0.05, 0) is 42.5 Å². The van der Waals surface area contributed by atoms with E-state index < -0.39 is 39.0 Å². The Morgan fingerprint density at radius 3 is 2.27 bits per heavy atom. The van der Waals surface area contributed by atoms with E-state index in [9.17, 15) is 26.4 Å². The number of halogens is 3. The molecule has 30 heavy (non-hydrogen) atoms. The summed E-state index contributed by atoms with van der Waals surface area (Å²) in [4.78, 5) is 14.5. The van der Waals surface area contributed by atoms with Gasteiger partial charge in [-0.15, -0.1) is 0 Å². The zero-order valence-electron chi connectivity index (χ0n) is 16.2. The second-order valence-corrected chi connectivity index (χ2v) is 9.69. The minimum atomic E-state index is -3.36. The topological polar surface area (TPSA) is 66.5 Å². The molecule has 0 unspecified atom stereocenters. The molecule has 2 aromatic carbocycles. The van der Waals surface area contributed by atoms with Crippen molar-refractivity contribution in [3.63, 3.8) is 0 Å². The van der Waals surface area contributed by atoms with E-state index in [-0.39, 0.29) is 30.0 Å². The maximum atomic E-state index is 14.6. The number of carbonyl (C=O) groups excluding carboxylic acids is 1. The van der Waals surface area contributed by atoms with Crippen LogP contribution in [0.2, 0.25) is 0 Å². The Balaban J connectivity index is 1.55. The summed E-state index contributed by atoms with van der Waals surface area (Å²) in [7, 11) is -3.36. The first-order chi connectivity index (χ1) is 14.2. The first kappa shape index (κ1) is 20.9. The smallest absolute Gasteiger partial charge is 0.226 e. The van der Waals surface area contributed by atoms with Crippen LogP contribution in [0.25, 0.3) is 11.1 Å². The summed E-state index contributed by atoms with van der Waals surface area (Å²) >= 11 is 0. The predicted molar refractivity (Wildman–Crippen MR) is 106 cm³/mol. The van der Waals surface area contributed by atoms with Gasteiger partial charge in [0.25, 0.3) is 0 Å². The van der Waals surface area contributed by atoms with Gasteiger partial charge < -0.3 is 4.90 Å². The molecule has 1 amide bonds. The molecule has 2 fully saturated rings. The van der Waals surface area contributed by atoms with E-state index >= 15 is 0 Å². The SMILES string of the molecule is CS(=O)(=O)N[C@H]1CCN(C(=O)[C@H]2C[C@@H]2c2cccc(F)c2-c2c(F)cccc2F)C1. The lowest BCUT2D eigenvalue weighted by Gasteiger charge is -2.17. The lowest BCUT2D eigenvalue weighted by atomic mass is 9.94. The Morgan fingerprint density at radius 1 is 1.03 bits per heavy atom. The summed E-state index contributed by atoms with van der Waals surface area (Å²) in [6.45, 7) is 0.695. The van der Waals surface area contributed by atoms with Crippen LogP contribution >= 0.6 is 0 Å². The van der Waals surface area contributed by atoms with E-state index in [1.54, 1.807) is 11.0 Å². The Labute approximate surface area is 172 Å². The highest BCUT2D eigenvalue weighted by Crippen LogP contribution is 2.52. The van der Waals surface area contributed by atoms with Crippen LogP contribution in [-0.4, -0.2) is 44.6 Å². The van der Waals surface area contributed by atoms with E-state index in [4.69, 9.17) is 0 Å². The fourth-order valence-electron chi connectivity index (χ4n) is 4.26. The van der Waals surface area contributed by atoms with Gasteiger partial charge in [-0.3, -0.25) is 4.79 Å². The average molecular weight is 438 g/mol. The number of amides is 1. The van der Waals surface area contributed by atoms with Crippen molar-refractivity contribution >= 4 is 15.9 Å².